The van der Waals surface area contributed by atoms with E-state index in [-0.39, 0.29) is 11.9 Å². The van der Waals surface area contributed by atoms with Gasteiger partial charge in [0, 0.05) is 25.0 Å². The van der Waals surface area contributed by atoms with Crippen molar-refractivity contribution < 1.29 is 9.59 Å². The Morgan fingerprint density at radius 1 is 1.21 bits per heavy atom. The summed E-state index contributed by atoms with van der Waals surface area (Å²) in [6.07, 6.45) is 4.87. The van der Waals surface area contributed by atoms with Gasteiger partial charge in [-0.1, -0.05) is 18.2 Å². The molecule has 7 heteroatoms. The summed E-state index contributed by atoms with van der Waals surface area (Å²) in [6.45, 7) is 3.29. The molecule has 1 atom stereocenters. The number of carbonyl (C=O) groups is 2. The number of aryl methyl sites for hydroxylation is 1. The number of nitrogens with zero attached hydrogens (tertiary/aromatic N) is 3. The van der Waals surface area contributed by atoms with E-state index in [0.29, 0.717) is 18.7 Å². The molecule has 7 nitrogen and oxygen atoms in total. The highest BCUT2D eigenvalue weighted by Crippen LogP contribution is 2.20. The molecule has 1 aromatic heterocycles. The zero-order chi connectivity index (χ0) is 16.9. The number of anilines is 2. The summed E-state index contributed by atoms with van der Waals surface area (Å²) >= 11 is 0. The Kier molecular flexibility index (Phi) is 4.79. The van der Waals surface area contributed by atoms with Crippen LogP contribution in [-0.4, -0.2) is 39.2 Å². The van der Waals surface area contributed by atoms with Crippen molar-refractivity contribution in [3.63, 3.8) is 0 Å². The van der Waals surface area contributed by atoms with Crippen LogP contribution >= 0.6 is 0 Å². The molecule has 1 fully saturated rings. The third-order valence-corrected chi connectivity index (χ3v) is 4.07. The lowest BCUT2D eigenvalue weighted by molar-refractivity contribution is -0.119. The van der Waals surface area contributed by atoms with Crippen LogP contribution in [0.1, 0.15) is 19.8 Å². The largest absolute Gasteiger partial charge is 0.322 e. The van der Waals surface area contributed by atoms with Crippen molar-refractivity contribution in [2.75, 3.05) is 17.2 Å². The van der Waals surface area contributed by atoms with Crippen molar-refractivity contribution in [2.24, 2.45) is 0 Å². The molecule has 3 rings (SSSR count). The van der Waals surface area contributed by atoms with Crippen LogP contribution in [0.2, 0.25) is 0 Å². The maximum absolute atomic E-state index is 12.5. The lowest BCUT2D eigenvalue weighted by atomic mass is 10.2. The van der Waals surface area contributed by atoms with Crippen LogP contribution < -0.4 is 10.6 Å². The van der Waals surface area contributed by atoms with Gasteiger partial charge in [0.15, 0.2) is 0 Å². The van der Waals surface area contributed by atoms with Gasteiger partial charge < -0.3 is 15.5 Å². The second-order valence-corrected chi connectivity index (χ2v) is 5.72. The second-order valence-electron chi connectivity index (χ2n) is 5.72. The predicted molar refractivity (Wildman–Crippen MR) is 91.7 cm³/mol. The number of hydrogen-bond acceptors (Lipinski definition) is 3. The van der Waals surface area contributed by atoms with Crippen molar-refractivity contribution in [1.82, 2.24) is 14.7 Å². The fourth-order valence-electron chi connectivity index (χ4n) is 2.83. The SMILES string of the molecule is CCn1cc(NC(=O)[C@@H]2CCCN2C(=O)Nc2ccccc2)cn1. The number of carbonyl (C=O) groups excluding carboxylic acids is 2. The van der Waals surface area contributed by atoms with Gasteiger partial charge in [-0.15, -0.1) is 0 Å². The van der Waals surface area contributed by atoms with Crippen LogP contribution in [0.3, 0.4) is 0 Å². The number of aromatic nitrogens is 2. The van der Waals surface area contributed by atoms with Crippen LogP contribution in [0, 0.1) is 0 Å². The molecule has 1 aliphatic rings. The summed E-state index contributed by atoms with van der Waals surface area (Å²) < 4.78 is 1.74. The van der Waals surface area contributed by atoms with Crippen molar-refractivity contribution in [3.05, 3.63) is 42.7 Å². The normalized spacial score (nSPS) is 16.9. The molecule has 0 spiro atoms. The Morgan fingerprint density at radius 2 is 2.00 bits per heavy atom. The summed E-state index contributed by atoms with van der Waals surface area (Å²) in [5.74, 6) is -0.175. The molecule has 2 heterocycles. The summed E-state index contributed by atoms with van der Waals surface area (Å²) in [6, 6.07) is 8.54. The molecular formula is C17H21N5O2. The third kappa shape index (κ3) is 3.56. The fourth-order valence-corrected chi connectivity index (χ4v) is 2.83. The van der Waals surface area contributed by atoms with Gasteiger partial charge in [-0.05, 0) is 31.9 Å². The molecule has 1 aliphatic heterocycles. The van der Waals surface area contributed by atoms with E-state index in [1.165, 1.54) is 0 Å². The molecule has 0 saturated carbocycles. The first-order valence-electron chi connectivity index (χ1n) is 8.13. The van der Waals surface area contributed by atoms with Gasteiger partial charge in [0.1, 0.15) is 6.04 Å². The van der Waals surface area contributed by atoms with Gasteiger partial charge in [0.05, 0.1) is 11.9 Å². The number of nitrogens with one attached hydrogen (secondary N) is 2. The minimum absolute atomic E-state index is 0.175. The Labute approximate surface area is 140 Å². The van der Waals surface area contributed by atoms with Crippen LogP contribution in [-0.2, 0) is 11.3 Å². The Balaban J connectivity index is 1.63. The number of rotatable bonds is 4. The van der Waals surface area contributed by atoms with Crippen LogP contribution in [0.5, 0.6) is 0 Å². The Morgan fingerprint density at radius 3 is 2.71 bits per heavy atom. The molecule has 3 amide bonds. The maximum atomic E-state index is 12.5. The van der Waals surface area contributed by atoms with Crippen LogP contribution in [0.4, 0.5) is 16.2 Å². The zero-order valence-corrected chi connectivity index (χ0v) is 13.6. The summed E-state index contributed by atoms with van der Waals surface area (Å²) in [5, 5.41) is 9.81. The van der Waals surface area contributed by atoms with E-state index in [1.54, 1.807) is 22.0 Å². The molecule has 2 aromatic rings. The third-order valence-electron chi connectivity index (χ3n) is 4.07. The molecule has 0 bridgehead atoms. The molecule has 2 N–H and O–H groups in total. The summed E-state index contributed by atoms with van der Waals surface area (Å²) in [4.78, 5) is 26.6. The van der Waals surface area contributed by atoms with Crippen LogP contribution in [0.25, 0.3) is 0 Å². The van der Waals surface area contributed by atoms with E-state index in [1.807, 2.05) is 37.3 Å². The van der Waals surface area contributed by atoms with E-state index in [0.717, 1.165) is 18.7 Å². The molecule has 1 aromatic carbocycles. The standard InChI is InChI=1S/C17H21N5O2/c1-2-21-12-14(11-18-21)19-16(23)15-9-6-10-22(15)17(24)20-13-7-4-3-5-8-13/h3-5,7-8,11-12,15H,2,6,9-10H2,1H3,(H,19,23)(H,20,24)/t15-/m0/s1. The maximum Gasteiger partial charge on any atom is 0.322 e. The first-order valence-corrected chi connectivity index (χ1v) is 8.13. The lowest BCUT2D eigenvalue weighted by Crippen LogP contribution is -2.45. The molecule has 0 unspecified atom stereocenters. The number of hydrogen-bond donors (Lipinski definition) is 2. The Bertz CT molecular complexity index is 713. The van der Waals surface area contributed by atoms with E-state index >= 15 is 0 Å². The van der Waals surface area contributed by atoms with Gasteiger partial charge in [0.25, 0.3) is 0 Å². The number of urea groups is 1. The summed E-state index contributed by atoms with van der Waals surface area (Å²) in [5.41, 5.74) is 1.37. The molecule has 0 radical (unpaired) electrons. The molecular weight excluding hydrogens is 306 g/mol. The highest BCUT2D eigenvalue weighted by molar-refractivity contribution is 5.99. The highest BCUT2D eigenvalue weighted by Gasteiger charge is 2.34. The average Bonchev–Trinajstić information content (AvgIpc) is 3.24. The fraction of sp³-hybridized carbons (Fsp3) is 0.353. The number of amides is 3. The van der Waals surface area contributed by atoms with Crippen molar-refractivity contribution in [2.45, 2.75) is 32.4 Å². The number of para-hydroxylation sites is 1. The van der Waals surface area contributed by atoms with Gasteiger partial charge in [-0.3, -0.25) is 9.48 Å². The lowest BCUT2D eigenvalue weighted by Gasteiger charge is -2.24. The zero-order valence-electron chi connectivity index (χ0n) is 13.6. The first kappa shape index (κ1) is 16.0. The van der Waals surface area contributed by atoms with Gasteiger partial charge in [-0.25, -0.2) is 4.79 Å². The van der Waals surface area contributed by atoms with Crippen molar-refractivity contribution in [1.29, 1.82) is 0 Å². The van der Waals surface area contributed by atoms with Crippen molar-refractivity contribution in [3.8, 4) is 0 Å². The highest BCUT2D eigenvalue weighted by atomic mass is 16.2. The molecule has 1 saturated heterocycles. The minimum atomic E-state index is -0.460. The van der Waals surface area contributed by atoms with E-state index < -0.39 is 6.04 Å². The van der Waals surface area contributed by atoms with E-state index in [4.69, 9.17) is 0 Å². The second kappa shape index (κ2) is 7.16. The van der Waals surface area contributed by atoms with E-state index in [2.05, 4.69) is 15.7 Å². The first-order chi connectivity index (χ1) is 11.7. The average molecular weight is 327 g/mol. The quantitative estimate of drug-likeness (QED) is 0.905. The molecule has 0 aliphatic carbocycles. The Hall–Kier alpha value is -2.83. The van der Waals surface area contributed by atoms with E-state index in [9.17, 15) is 9.59 Å². The number of likely N-dealkylation sites (tertiary alicyclic amines) is 1. The summed E-state index contributed by atoms with van der Waals surface area (Å²) in [7, 11) is 0. The van der Waals surface area contributed by atoms with Gasteiger partial charge >= 0.3 is 6.03 Å². The topological polar surface area (TPSA) is 79.3 Å². The van der Waals surface area contributed by atoms with Crippen molar-refractivity contribution >= 4 is 23.3 Å². The smallest absolute Gasteiger partial charge is 0.322 e. The number of benzene rings is 1. The minimum Gasteiger partial charge on any atom is -0.322 e. The predicted octanol–water partition coefficient (Wildman–Crippen LogP) is 2.54. The molecule has 24 heavy (non-hydrogen) atoms. The monoisotopic (exact) mass is 327 g/mol. The van der Waals surface area contributed by atoms with Gasteiger partial charge in [-0.2, -0.15) is 5.10 Å². The molecule has 126 valence electrons. The van der Waals surface area contributed by atoms with Crippen LogP contribution in [0.15, 0.2) is 42.7 Å². The van der Waals surface area contributed by atoms with Gasteiger partial charge in [0.2, 0.25) is 5.91 Å².